The summed E-state index contributed by atoms with van der Waals surface area (Å²) in [5.74, 6) is 0. The molecule has 3 heterocycles. The van der Waals surface area contributed by atoms with E-state index in [1.807, 2.05) is 6.20 Å². The summed E-state index contributed by atoms with van der Waals surface area (Å²) in [4.78, 5) is 6.79. The molecule has 3 aromatic rings. The first kappa shape index (κ1) is 11.7. The number of alkyl halides is 1. The van der Waals surface area contributed by atoms with Gasteiger partial charge in [0.05, 0.1) is 24.1 Å². The highest BCUT2D eigenvalue weighted by Gasteiger charge is 2.28. The fraction of sp³-hybridized carbons (Fsp3) is 0.312. The van der Waals surface area contributed by atoms with Gasteiger partial charge in [0.15, 0.2) is 0 Å². The average molecular weight is 269 g/mol. The molecule has 0 aliphatic carbocycles. The number of hydrogen-bond donors (Lipinski definition) is 0. The number of imidazole rings is 1. The lowest BCUT2D eigenvalue weighted by molar-refractivity contribution is 0.274. The third-order valence-electron chi connectivity index (χ3n) is 4.12. The molecule has 20 heavy (non-hydrogen) atoms. The van der Waals surface area contributed by atoms with Crippen molar-refractivity contribution in [1.82, 2.24) is 9.38 Å². The molecule has 1 aliphatic heterocycles. The average Bonchev–Trinajstić information content (AvgIpc) is 2.75. The molecule has 0 unspecified atom stereocenters. The first-order valence-corrected chi connectivity index (χ1v) is 6.90. The smallest absolute Gasteiger partial charge is 0.142 e. The van der Waals surface area contributed by atoms with E-state index in [4.69, 9.17) is 4.98 Å². The van der Waals surface area contributed by atoms with Crippen LogP contribution in [0.2, 0.25) is 0 Å². The number of hydrogen-bond acceptors (Lipinski definition) is 2. The Balaban J connectivity index is 1.95. The number of benzene rings is 1. The third kappa shape index (κ3) is 1.54. The van der Waals surface area contributed by atoms with Crippen LogP contribution in [-0.2, 0) is 0 Å². The van der Waals surface area contributed by atoms with Crippen LogP contribution in [0.1, 0.15) is 11.1 Å². The van der Waals surface area contributed by atoms with Crippen molar-refractivity contribution in [1.29, 1.82) is 0 Å². The van der Waals surface area contributed by atoms with Gasteiger partial charge in [-0.25, -0.2) is 9.37 Å². The van der Waals surface area contributed by atoms with Crippen LogP contribution in [-0.4, -0.2) is 28.6 Å². The van der Waals surface area contributed by atoms with Crippen LogP contribution < -0.4 is 4.90 Å². The van der Waals surface area contributed by atoms with Crippen LogP contribution in [0.4, 0.5) is 10.1 Å². The summed E-state index contributed by atoms with van der Waals surface area (Å²) in [6.07, 6.45) is 1.35. The number of aromatic nitrogens is 2. The molecule has 1 saturated heterocycles. The van der Waals surface area contributed by atoms with Crippen LogP contribution in [0.25, 0.3) is 16.7 Å². The number of fused-ring (bicyclic) bond motifs is 3. The van der Waals surface area contributed by atoms with E-state index < -0.39 is 6.17 Å². The lowest BCUT2D eigenvalue weighted by Gasteiger charge is -2.37. The van der Waals surface area contributed by atoms with Crippen LogP contribution in [0.3, 0.4) is 0 Å². The molecule has 3 nitrogen and oxygen atoms in total. The van der Waals surface area contributed by atoms with Crippen molar-refractivity contribution < 1.29 is 4.39 Å². The lowest BCUT2D eigenvalue weighted by Crippen LogP contribution is -2.48. The van der Waals surface area contributed by atoms with Gasteiger partial charge in [0.25, 0.3) is 0 Å². The van der Waals surface area contributed by atoms with Gasteiger partial charge in [0.2, 0.25) is 0 Å². The normalized spacial score (nSPS) is 16.1. The second-order valence-corrected chi connectivity index (χ2v) is 5.63. The Morgan fingerprint density at radius 3 is 2.75 bits per heavy atom. The van der Waals surface area contributed by atoms with Gasteiger partial charge in [-0.05, 0) is 37.6 Å². The maximum Gasteiger partial charge on any atom is 0.142 e. The molecule has 4 heteroatoms. The highest BCUT2D eigenvalue weighted by atomic mass is 19.1. The SMILES string of the molecule is Cc1ccc2nc3c(C)c(N4CC(F)C4)ccn3c2c1. The summed E-state index contributed by atoms with van der Waals surface area (Å²) in [5, 5.41) is 0. The molecular weight excluding hydrogens is 253 g/mol. The largest absolute Gasteiger partial charge is 0.365 e. The highest BCUT2D eigenvalue weighted by Crippen LogP contribution is 2.30. The Morgan fingerprint density at radius 2 is 2.00 bits per heavy atom. The Morgan fingerprint density at radius 1 is 1.20 bits per heavy atom. The summed E-state index contributed by atoms with van der Waals surface area (Å²) < 4.78 is 15.2. The Bertz CT molecular complexity index is 815. The molecule has 1 fully saturated rings. The minimum Gasteiger partial charge on any atom is -0.365 e. The number of halogens is 1. The quantitative estimate of drug-likeness (QED) is 0.676. The zero-order valence-corrected chi connectivity index (χ0v) is 11.6. The fourth-order valence-corrected chi connectivity index (χ4v) is 2.97. The Labute approximate surface area is 116 Å². The molecule has 1 aromatic carbocycles. The molecule has 2 aromatic heterocycles. The van der Waals surface area contributed by atoms with Crippen molar-refractivity contribution in [3.8, 4) is 0 Å². The molecular formula is C16H16FN3. The Kier molecular flexibility index (Phi) is 2.31. The summed E-state index contributed by atoms with van der Waals surface area (Å²) in [6.45, 7) is 5.14. The second kappa shape index (κ2) is 3.95. The molecule has 0 atom stereocenters. The van der Waals surface area contributed by atoms with E-state index in [1.165, 1.54) is 5.56 Å². The zero-order chi connectivity index (χ0) is 13.9. The van der Waals surface area contributed by atoms with Crippen LogP contribution in [0.15, 0.2) is 30.5 Å². The molecule has 4 rings (SSSR count). The van der Waals surface area contributed by atoms with Gasteiger partial charge >= 0.3 is 0 Å². The van der Waals surface area contributed by atoms with E-state index in [1.54, 1.807) is 0 Å². The molecule has 0 N–H and O–H groups in total. The topological polar surface area (TPSA) is 20.5 Å². The fourth-order valence-electron chi connectivity index (χ4n) is 2.97. The van der Waals surface area contributed by atoms with Crippen molar-refractivity contribution in [2.75, 3.05) is 18.0 Å². The number of pyridine rings is 1. The first-order valence-electron chi connectivity index (χ1n) is 6.90. The maximum absolute atomic E-state index is 13.0. The van der Waals surface area contributed by atoms with Crippen molar-refractivity contribution >= 4 is 22.4 Å². The molecule has 0 bridgehead atoms. The van der Waals surface area contributed by atoms with Gasteiger partial charge < -0.3 is 4.90 Å². The van der Waals surface area contributed by atoms with E-state index >= 15 is 0 Å². The van der Waals surface area contributed by atoms with Crippen molar-refractivity contribution in [2.24, 2.45) is 0 Å². The van der Waals surface area contributed by atoms with E-state index in [9.17, 15) is 4.39 Å². The van der Waals surface area contributed by atoms with Crippen molar-refractivity contribution in [3.05, 3.63) is 41.6 Å². The summed E-state index contributed by atoms with van der Waals surface area (Å²) >= 11 is 0. The van der Waals surface area contributed by atoms with Crippen molar-refractivity contribution in [2.45, 2.75) is 20.0 Å². The standard InChI is InChI=1S/C16H16FN3/c1-10-3-4-13-15(7-10)20-6-5-14(11(2)16(20)18-13)19-8-12(17)9-19/h3-7,12H,8-9H2,1-2H3. The van der Waals surface area contributed by atoms with Gasteiger partial charge in [-0.15, -0.1) is 0 Å². The molecule has 0 spiro atoms. The number of aryl methyl sites for hydroxylation is 2. The van der Waals surface area contributed by atoms with E-state index in [2.05, 4.69) is 47.4 Å². The van der Waals surface area contributed by atoms with E-state index in [0.717, 1.165) is 27.9 Å². The second-order valence-electron chi connectivity index (χ2n) is 5.63. The van der Waals surface area contributed by atoms with Gasteiger partial charge in [-0.3, -0.25) is 4.40 Å². The summed E-state index contributed by atoms with van der Waals surface area (Å²) in [5.41, 5.74) is 6.53. The van der Waals surface area contributed by atoms with Gasteiger partial charge in [-0.1, -0.05) is 6.07 Å². The van der Waals surface area contributed by atoms with E-state index in [0.29, 0.717) is 13.1 Å². The third-order valence-corrected chi connectivity index (χ3v) is 4.12. The molecule has 0 radical (unpaired) electrons. The van der Waals surface area contributed by atoms with Crippen LogP contribution >= 0.6 is 0 Å². The summed E-state index contributed by atoms with van der Waals surface area (Å²) in [6, 6.07) is 8.35. The van der Waals surface area contributed by atoms with Crippen LogP contribution in [0.5, 0.6) is 0 Å². The number of nitrogens with zero attached hydrogens (tertiary/aromatic N) is 3. The lowest BCUT2D eigenvalue weighted by atomic mass is 10.1. The van der Waals surface area contributed by atoms with Gasteiger partial charge in [0, 0.05) is 17.4 Å². The summed E-state index contributed by atoms with van der Waals surface area (Å²) in [7, 11) is 0. The number of rotatable bonds is 1. The van der Waals surface area contributed by atoms with E-state index in [-0.39, 0.29) is 0 Å². The van der Waals surface area contributed by atoms with Crippen molar-refractivity contribution in [3.63, 3.8) is 0 Å². The zero-order valence-electron chi connectivity index (χ0n) is 11.6. The molecule has 0 saturated carbocycles. The van der Waals surface area contributed by atoms with Crippen LogP contribution in [0, 0.1) is 13.8 Å². The molecule has 102 valence electrons. The highest BCUT2D eigenvalue weighted by molar-refractivity contribution is 5.83. The predicted octanol–water partition coefficient (Wildman–Crippen LogP) is 3.26. The first-order chi connectivity index (χ1) is 9.63. The predicted molar refractivity (Wildman–Crippen MR) is 79.3 cm³/mol. The molecule has 1 aliphatic rings. The number of anilines is 1. The minimum atomic E-state index is -0.688. The maximum atomic E-state index is 13.0. The monoisotopic (exact) mass is 269 g/mol. The van der Waals surface area contributed by atoms with Gasteiger partial charge in [0.1, 0.15) is 11.8 Å². The minimum absolute atomic E-state index is 0.496. The Hall–Kier alpha value is -2.10. The van der Waals surface area contributed by atoms with Gasteiger partial charge in [-0.2, -0.15) is 0 Å². The molecule has 0 amide bonds.